The summed E-state index contributed by atoms with van der Waals surface area (Å²) in [6.45, 7) is 5.92. The second-order valence-corrected chi connectivity index (χ2v) is 8.16. The first-order valence-electron chi connectivity index (χ1n) is 6.32. The lowest BCUT2D eigenvalue weighted by atomic mass is 9.94. The van der Waals surface area contributed by atoms with E-state index in [2.05, 4.69) is 9.88 Å². The maximum absolute atomic E-state index is 12.0. The molecule has 1 aromatic carbocycles. The minimum atomic E-state index is -3.47. The molecule has 0 bridgehead atoms. The predicted octanol–water partition coefficient (Wildman–Crippen LogP) is 2.61. The molecule has 1 rings (SSSR count). The van der Waals surface area contributed by atoms with Crippen LogP contribution in [0.5, 0.6) is 0 Å². The Morgan fingerprint density at radius 2 is 2.05 bits per heavy atom. The van der Waals surface area contributed by atoms with Crippen LogP contribution in [0.4, 0.5) is 5.69 Å². The molecule has 0 heterocycles. The molecule has 118 valence electrons. The monoisotopic (exact) mass is 333 g/mol. The van der Waals surface area contributed by atoms with Crippen molar-refractivity contribution in [3.63, 3.8) is 0 Å². The first-order chi connectivity index (χ1) is 9.54. The first kappa shape index (κ1) is 17.6. The van der Waals surface area contributed by atoms with E-state index >= 15 is 0 Å². The molecule has 0 aliphatic heterocycles. The lowest BCUT2D eigenvalue weighted by Crippen LogP contribution is -2.21. The van der Waals surface area contributed by atoms with Gasteiger partial charge in [0.1, 0.15) is 0 Å². The normalized spacial score (nSPS) is 13.2. The summed E-state index contributed by atoms with van der Waals surface area (Å²) in [7, 11) is -3.47. The Morgan fingerprint density at radius 1 is 1.43 bits per heavy atom. The maximum Gasteiger partial charge on any atom is 0.232 e. The van der Waals surface area contributed by atoms with Crippen LogP contribution >= 0.6 is 11.6 Å². The summed E-state index contributed by atoms with van der Waals surface area (Å²) in [6.07, 6.45) is 0.530. The number of nitrogens with one attached hydrogen (secondary N) is 1. The van der Waals surface area contributed by atoms with Gasteiger partial charge in [0.05, 0.1) is 16.5 Å². The number of hydrogen-bond donors (Lipinski definition) is 3. The van der Waals surface area contributed by atoms with Crippen LogP contribution in [0.2, 0.25) is 5.02 Å². The standard InChI is InChI=1S/C13H20ClN3O3S/c1-13(2,3)6-7-21(19,20)17-11-5-4-9(8-10(11)14)12(15)16-18/h4-5,8,17-18H,6-7H2,1-3H3,(H2,15,16). The molecule has 0 fully saturated rings. The Labute approximate surface area is 130 Å². The second-order valence-electron chi connectivity index (χ2n) is 5.91. The van der Waals surface area contributed by atoms with Crippen LogP contribution in [0.1, 0.15) is 32.8 Å². The van der Waals surface area contributed by atoms with Crippen molar-refractivity contribution in [2.45, 2.75) is 27.2 Å². The van der Waals surface area contributed by atoms with E-state index in [1.807, 2.05) is 20.8 Å². The Morgan fingerprint density at radius 3 is 2.52 bits per heavy atom. The molecule has 21 heavy (non-hydrogen) atoms. The number of hydrogen-bond acceptors (Lipinski definition) is 4. The van der Waals surface area contributed by atoms with Crippen LogP contribution in [-0.2, 0) is 10.0 Å². The van der Waals surface area contributed by atoms with E-state index in [9.17, 15) is 8.42 Å². The lowest BCUT2D eigenvalue weighted by molar-refractivity contribution is 0.318. The number of nitrogens with two attached hydrogens (primary N) is 1. The maximum atomic E-state index is 12.0. The van der Waals surface area contributed by atoms with Gasteiger partial charge < -0.3 is 10.9 Å². The van der Waals surface area contributed by atoms with Gasteiger partial charge in [-0.05, 0) is 30.0 Å². The molecule has 0 aromatic heterocycles. The van der Waals surface area contributed by atoms with Gasteiger partial charge in [0.2, 0.25) is 10.0 Å². The van der Waals surface area contributed by atoms with E-state index in [0.29, 0.717) is 12.0 Å². The quantitative estimate of drug-likeness (QED) is 0.333. The number of oxime groups is 1. The van der Waals surface area contributed by atoms with Gasteiger partial charge in [-0.2, -0.15) is 0 Å². The van der Waals surface area contributed by atoms with Crippen LogP contribution in [0.25, 0.3) is 0 Å². The van der Waals surface area contributed by atoms with Crippen molar-refractivity contribution >= 4 is 33.1 Å². The fraction of sp³-hybridized carbons (Fsp3) is 0.462. The average Bonchev–Trinajstić information content (AvgIpc) is 2.37. The van der Waals surface area contributed by atoms with Gasteiger partial charge >= 0.3 is 0 Å². The molecule has 0 unspecified atom stereocenters. The van der Waals surface area contributed by atoms with Crippen LogP contribution in [0.3, 0.4) is 0 Å². The average molecular weight is 334 g/mol. The molecule has 0 amide bonds. The largest absolute Gasteiger partial charge is 0.409 e. The SMILES string of the molecule is CC(C)(C)CCS(=O)(=O)Nc1ccc(/C(N)=N/O)cc1Cl. The molecule has 0 saturated heterocycles. The highest BCUT2D eigenvalue weighted by Crippen LogP contribution is 2.25. The van der Waals surface area contributed by atoms with Gasteiger partial charge in [0, 0.05) is 5.56 Å². The van der Waals surface area contributed by atoms with E-state index in [1.54, 1.807) is 0 Å². The van der Waals surface area contributed by atoms with E-state index < -0.39 is 10.0 Å². The number of sulfonamides is 1. The van der Waals surface area contributed by atoms with E-state index in [4.69, 9.17) is 22.5 Å². The van der Waals surface area contributed by atoms with E-state index in [1.165, 1.54) is 18.2 Å². The molecule has 6 nitrogen and oxygen atoms in total. The minimum absolute atomic E-state index is 0.00875. The summed E-state index contributed by atoms with van der Waals surface area (Å²) in [4.78, 5) is 0. The Bertz CT molecular complexity index is 637. The zero-order chi connectivity index (χ0) is 16.3. The van der Waals surface area contributed by atoms with Gasteiger partial charge in [-0.25, -0.2) is 8.42 Å². The predicted molar refractivity (Wildman–Crippen MR) is 85.4 cm³/mol. The van der Waals surface area contributed by atoms with Crippen molar-refractivity contribution in [2.75, 3.05) is 10.5 Å². The van der Waals surface area contributed by atoms with Crippen molar-refractivity contribution in [1.82, 2.24) is 0 Å². The number of amidine groups is 1. The summed E-state index contributed by atoms with van der Waals surface area (Å²) in [5, 5.41) is 11.6. The lowest BCUT2D eigenvalue weighted by Gasteiger charge is -2.18. The Balaban J connectivity index is 2.88. The highest BCUT2D eigenvalue weighted by atomic mass is 35.5. The van der Waals surface area contributed by atoms with Crippen LogP contribution < -0.4 is 10.5 Å². The van der Waals surface area contributed by atoms with Crippen LogP contribution in [0.15, 0.2) is 23.4 Å². The van der Waals surface area contributed by atoms with Crippen LogP contribution in [0, 0.1) is 5.41 Å². The Hall–Kier alpha value is -1.47. The molecule has 0 aliphatic rings. The number of benzene rings is 1. The molecule has 0 radical (unpaired) electrons. The van der Waals surface area contributed by atoms with Gasteiger partial charge in [0.15, 0.2) is 5.84 Å². The van der Waals surface area contributed by atoms with Crippen molar-refractivity contribution < 1.29 is 13.6 Å². The minimum Gasteiger partial charge on any atom is -0.409 e. The van der Waals surface area contributed by atoms with Crippen molar-refractivity contribution in [3.8, 4) is 0 Å². The number of rotatable bonds is 5. The molecule has 1 aromatic rings. The third kappa shape index (κ3) is 5.81. The molecule has 0 atom stereocenters. The van der Waals surface area contributed by atoms with Crippen molar-refractivity contribution in [2.24, 2.45) is 16.3 Å². The molecule has 0 aliphatic carbocycles. The topological polar surface area (TPSA) is 105 Å². The summed E-state index contributed by atoms with van der Waals surface area (Å²) < 4.78 is 26.5. The summed E-state index contributed by atoms with van der Waals surface area (Å²) >= 11 is 6.01. The van der Waals surface area contributed by atoms with Crippen molar-refractivity contribution in [3.05, 3.63) is 28.8 Å². The zero-order valence-corrected chi connectivity index (χ0v) is 13.8. The zero-order valence-electron chi connectivity index (χ0n) is 12.2. The molecule has 0 saturated carbocycles. The van der Waals surface area contributed by atoms with Gasteiger partial charge in [-0.3, -0.25) is 4.72 Å². The molecular formula is C13H20ClN3O3S. The molecular weight excluding hydrogens is 314 g/mol. The summed E-state index contributed by atoms with van der Waals surface area (Å²) in [6, 6.07) is 4.42. The third-order valence-corrected chi connectivity index (χ3v) is 4.34. The van der Waals surface area contributed by atoms with Gasteiger partial charge in [0.25, 0.3) is 0 Å². The first-order valence-corrected chi connectivity index (χ1v) is 8.35. The van der Waals surface area contributed by atoms with Gasteiger partial charge in [-0.1, -0.05) is 37.5 Å². The highest BCUT2D eigenvalue weighted by molar-refractivity contribution is 7.92. The Kier molecular flexibility index (Phi) is 5.47. The number of anilines is 1. The highest BCUT2D eigenvalue weighted by Gasteiger charge is 2.18. The third-order valence-electron chi connectivity index (χ3n) is 2.76. The number of halogens is 1. The molecule has 4 N–H and O–H groups in total. The summed E-state index contributed by atoms with van der Waals surface area (Å²) in [5.74, 6) is -0.0894. The summed E-state index contributed by atoms with van der Waals surface area (Å²) in [5.41, 5.74) is 6.03. The van der Waals surface area contributed by atoms with E-state index in [-0.39, 0.29) is 27.7 Å². The van der Waals surface area contributed by atoms with Gasteiger partial charge in [-0.15, -0.1) is 0 Å². The fourth-order valence-electron chi connectivity index (χ4n) is 1.47. The van der Waals surface area contributed by atoms with Crippen LogP contribution in [-0.4, -0.2) is 25.2 Å². The molecule has 0 spiro atoms. The molecule has 8 heteroatoms. The second kappa shape index (κ2) is 6.53. The number of nitrogens with zero attached hydrogens (tertiary/aromatic N) is 1. The fourth-order valence-corrected chi connectivity index (χ4v) is 3.25. The van der Waals surface area contributed by atoms with Crippen molar-refractivity contribution in [1.29, 1.82) is 0 Å². The van der Waals surface area contributed by atoms with E-state index in [0.717, 1.165) is 0 Å². The smallest absolute Gasteiger partial charge is 0.232 e.